The second kappa shape index (κ2) is 11.5. The van der Waals surface area contributed by atoms with Gasteiger partial charge < -0.3 is 24.3 Å². The van der Waals surface area contributed by atoms with E-state index in [1.807, 2.05) is 79.7 Å². The molecule has 4 rings (SSSR count). The number of furan rings is 1. The van der Waals surface area contributed by atoms with Gasteiger partial charge in [0, 0.05) is 25.4 Å². The topological polar surface area (TPSA) is 75.0 Å². The van der Waals surface area contributed by atoms with Gasteiger partial charge in [0.1, 0.15) is 18.1 Å². The van der Waals surface area contributed by atoms with Crippen LogP contribution in [-0.2, 0) is 22.6 Å². The molecular weight excluding hydrogens is 430 g/mol. The third kappa shape index (κ3) is 6.71. The number of aryl methyl sites for hydroxylation is 1. The highest BCUT2D eigenvalue weighted by Gasteiger charge is 2.27. The minimum absolute atomic E-state index is 0.0505. The van der Waals surface area contributed by atoms with Crippen molar-refractivity contribution in [1.29, 1.82) is 0 Å². The predicted octanol–water partition coefficient (Wildman–Crippen LogP) is 4.83. The molecule has 178 valence electrons. The average Bonchev–Trinajstić information content (AvgIpc) is 3.51. The zero-order valence-electron chi connectivity index (χ0n) is 19.5. The molecule has 1 aliphatic heterocycles. The Balaban J connectivity index is 1.50. The van der Waals surface area contributed by atoms with Gasteiger partial charge in [-0.2, -0.15) is 0 Å². The SMILES string of the molecule is Cc1ccc(CN(Cc2ccccc2)C(=O)CN(CC2CCCO2)C(=O)Nc2ccccc2)o1. The van der Waals surface area contributed by atoms with E-state index in [4.69, 9.17) is 9.15 Å². The Morgan fingerprint density at radius 3 is 2.32 bits per heavy atom. The molecule has 1 aliphatic rings. The number of hydrogen-bond donors (Lipinski definition) is 1. The van der Waals surface area contributed by atoms with Crippen molar-refractivity contribution in [1.82, 2.24) is 9.80 Å². The van der Waals surface area contributed by atoms with E-state index < -0.39 is 0 Å². The van der Waals surface area contributed by atoms with Crippen LogP contribution in [0.25, 0.3) is 0 Å². The van der Waals surface area contributed by atoms with Gasteiger partial charge >= 0.3 is 6.03 Å². The van der Waals surface area contributed by atoms with E-state index in [0.29, 0.717) is 37.7 Å². The van der Waals surface area contributed by atoms with E-state index >= 15 is 0 Å². The fraction of sp³-hybridized carbons (Fsp3) is 0.333. The van der Waals surface area contributed by atoms with Crippen molar-refractivity contribution in [2.45, 2.75) is 39.0 Å². The third-order valence-corrected chi connectivity index (χ3v) is 5.80. The number of para-hydroxylation sites is 1. The maximum atomic E-state index is 13.5. The van der Waals surface area contributed by atoms with Crippen molar-refractivity contribution >= 4 is 17.6 Å². The van der Waals surface area contributed by atoms with Crippen LogP contribution >= 0.6 is 0 Å². The lowest BCUT2D eigenvalue weighted by Crippen LogP contribution is -2.46. The molecule has 1 atom stereocenters. The van der Waals surface area contributed by atoms with Crippen molar-refractivity contribution in [3.8, 4) is 0 Å². The average molecular weight is 462 g/mol. The first-order chi connectivity index (χ1) is 16.6. The third-order valence-electron chi connectivity index (χ3n) is 5.80. The minimum atomic E-state index is -0.316. The normalized spacial score (nSPS) is 15.1. The Labute approximate surface area is 200 Å². The highest BCUT2D eigenvalue weighted by molar-refractivity contribution is 5.92. The van der Waals surface area contributed by atoms with Gasteiger partial charge in [-0.25, -0.2) is 4.79 Å². The molecule has 1 saturated heterocycles. The monoisotopic (exact) mass is 461 g/mol. The zero-order chi connectivity index (χ0) is 23.8. The molecule has 2 aromatic carbocycles. The zero-order valence-corrected chi connectivity index (χ0v) is 19.5. The molecule has 0 saturated carbocycles. The molecule has 1 N–H and O–H groups in total. The number of hydrogen-bond acceptors (Lipinski definition) is 4. The highest BCUT2D eigenvalue weighted by Crippen LogP contribution is 2.17. The summed E-state index contributed by atoms with van der Waals surface area (Å²) in [5.74, 6) is 1.35. The molecule has 34 heavy (non-hydrogen) atoms. The number of carbonyl (C=O) groups excluding carboxylic acids is 2. The molecule has 3 aromatic rings. The summed E-state index contributed by atoms with van der Waals surface area (Å²) >= 11 is 0. The van der Waals surface area contributed by atoms with E-state index in [-0.39, 0.29) is 24.6 Å². The molecule has 1 unspecified atom stereocenters. The molecule has 0 radical (unpaired) electrons. The Morgan fingerprint density at radius 1 is 0.941 bits per heavy atom. The second-order valence-electron chi connectivity index (χ2n) is 8.56. The number of nitrogens with zero attached hydrogens (tertiary/aromatic N) is 2. The van der Waals surface area contributed by atoms with Crippen LogP contribution in [0.2, 0.25) is 0 Å². The van der Waals surface area contributed by atoms with Crippen LogP contribution in [0.15, 0.2) is 77.2 Å². The lowest BCUT2D eigenvalue weighted by atomic mass is 10.2. The Morgan fingerprint density at radius 2 is 1.68 bits per heavy atom. The number of carbonyl (C=O) groups is 2. The molecule has 1 fully saturated rings. The number of ether oxygens (including phenoxy) is 1. The highest BCUT2D eigenvalue weighted by atomic mass is 16.5. The smallest absolute Gasteiger partial charge is 0.322 e. The van der Waals surface area contributed by atoms with Gasteiger partial charge in [-0.15, -0.1) is 0 Å². The predicted molar refractivity (Wildman–Crippen MR) is 130 cm³/mol. The summed E-state index contributed by atoms with van der Waals surface area (Å²) < 4.78 is 11.5. The lowest BCUT2D eigenvalue weighted by Gasteiger charge is -2.29. The molecule has 7 heteroatoms. The van der Waals surface area contributed by atoms with Gasteiger partial charge in [-0.3, -0.25) is 4.79 Å². The van der Waals surface area contributed by atoms with Crippen LogP contribution < -0.4 is 5.32 Å². The molecule has 0 spiro atoms. The van der Waals surface area contributed by atoms with E-state index in [0.717, 1.165) is 24.2 Å². The molecule has 7 nitrogen and oxygen atoms in total. The number of urea groups is 1. The lowest BCUT2D eigenvalue weighted by molar-refractivity contribution is -0.133. The molecular formula is C27H31N3O4. The first-order valence-electron chi connectivity index (χ1n) is 11.7. The van der Waals surface area contributed by atoms with Crippen molar-refractivity contribution in [3.63, 3.8) is 0 Å². The largest absolute Gasteiger partial charge is 0.464 e. The Hall–Kier alpha value is -3.58. The summed E-state index contributed by atoms with van der Waals surface area (Å²) in [5, 5.41) is 2.91. The maximum absolute atomic E-state index is 13.5. The summed E-state index contributed by atoms with van der Waals surface area (Å²) in [6.07, 6.45) is 1.78. The van der Waals surface area contributed by atoms with Crippen molar-refractivity contribution < 1.29 is 18.7 Å². The van der Waals surface area contributed by atoms with Crippen molar-refractivity contribution in [3.05, 3.63) is 89.9 Å². The summed E-state index contributed by atoms with van der Waals surface area (Å²) in [7, 11) is 0. The molecule has 0 bridgehead atoms. The van der Waals surface area contributed by atoms with Gasteiger partial charge in [0.05, 0.1) is 12.6 Å². The fourth-order valence-corrected chi connectivity index (χ4v) is 4.03. The Kier molecular flexibility index (Phi) is 7.99. The van der Waals surface area contributed by atoms with E-state index in [1.165, 1.54) is 0 Å². The molecule has 2 heterocycles. The van der Waals surface area contributed by atoms with Crippen molar-refractivity contribution in [2.75, 3.05) is 25.0 Å². The van der Waals surface area contributed by atoms with Crippen LogP contribution in [-0.4, -0.2) is 47.5 Å². The number of benzene rings is 2. The number of anilines is 1. The van der Waals surface area contributed by atoms with Crippen LogP contribution in [0, 0.1) is 6.92 Å². The summed E-state index contributed by atoms with van der Waals surface area (Å²) in [5.41, 5.74) is 1.70. The fourth-order valence-electron chi connectivity index (χ4n) is 4.03. The van der Waals surface area contributed by atoms with E-state index in [9.17, 15) is 9.59 Å². The summed E-state index contributed by atoms with van der Waals surface area (Å²) in [6, 6.07) is 22.5. The molecule has 1 aromatic heterocycles. The number of amides is 3. The second-order valence-corrected chi connectivity index (χ2v) is 8.56. The summed E-state index contributed by atoms with van der Waals surface area (Å²) in [4.78, 5) is 30.0. The standard InChI is InChI=1S/C27H31N3O4/c1-21-14-15-25(34-21)19-29(17-22-9-4-2-5-10-22)26(31)20-30(18-24-13-8-16-33-24)27(32)28-23-11-6-3-7-12-23/h2-7,9-12,14-15,24H,8,13,16-20H2,1H3,(H,28,32). The van der Waals surface area contributed by atoms with E-state index in [1.54, 1.807) is 9.80 Å². The number of rotatable bonds is 9. The molecule has 3 amide bonds. The van der Waals surface area contributed by atoms with Gasteiger partial charge in [0.15, 0.2) is 0 Å². The van der Waals surface area contributed by atoms with Crippen LogP contribution in [0.3, 0.4) is 0 Å². The summed E-state index contributed by atoms with van der Waals surface area (Å²) in [6.45, 7) is 3.63. The van der Waals surface area contributed by atoms with Crippen LogP contribution in [0.1, 0.15) is 29.9 Å². The molecule has 0 aliphatic carbocycles. The van der Waals surface area contributed by atoms with Crippen LogP contribution in [0.4, 0.5) is 10.5 Å². The van der Waals surface area contributed by atoms with E-state index in [2.05, 4.69) is 5.32 Å². The number of nitrogens with one attached hydrogen (secondary N) is 1. The first kappa shape index (κ1) is 23.6. The maximum Gasteiger partial charge on any atom is 0.322 e. The van der Waals surface area contributed by atoms with Gasteiger partial charge in [-0.1, -0.05) is 48.5 Å². The van der Waals surface area contributed by atoms with Crippen LogP contribution in [0.5, 0.6) is 0 Å². The first-order valence-corrected chi connectivity index (χ1v) is 11.7. The van der Waals surface area contributed by atoms with Gasteiger partial charge in [0.2, 0.25) is 5.91 Å². The Bertz CT molecular complexity index is 1060. The minimum Gasteiger partial charge on any atom is -0.464 e. The quantitative estimate of drug-likeness (QED) is 0.495. The van der Waals surface area contributed by atoms with Crippen molar-refractivity contribution in [2.24, 2.45) is 0 Å². The van der Waals surface area contributed by atoms with Gasteiger partial charge in [0.25, 0.3) is 0 Å². The van der Waals surface area contributed by atoms with Gasteiger partial charge in [-0.05, 0) is 49.6 Å².